The maximum absolute atomic E-state index is 5.16. The van der Waals surface area contributed by atoms with Crippen LogP contribution >= 0.6 is 0 Å². The van der Waals surface area contributed by atoms with Crippen molar-refractivity contribution >= 4 is 0 Å². The summed E-state index contributed by atoms with van der Waals surface area (Å²) in [5.74, 6) is 0.570. The lowest BCUT2D eigenvalue weighted by Crippen LogP contribution is -2.10. The fourth-order valence-electron chi connectivity index (χ4n) is 1.42. The SMILES string of the molecule is CC(C)(C)c1cccc(-c2nnco2)c1. The highest BCUT2D eigenvalue weighted by molar-refractivity contribution is 5.54. The van der Waals surface area contributed by atoms with Crippen LogP contribution < -0.4 is 0 Å². The van der Waals surface area contributed by atoms with Crippen molar-refractivity contribution in [2.24, 2.45) is 0 Å². The summed E-state index contributed by atoms with van der Waals surface area (Å²) in [7, 11) is 0. The Labute approximate surface area is 89.2 Å². The zero-order valence-corrected chi connectivity index (χ0v) is 9.19. The molecule has 0 unspecified atom stereocenters. The van der Waals surface area contributed by atoms with Crippen LogP contribution in [0.25, 0.3) is 11.5 Å². The van der Waals surface area contributed by atoms with Crippen LogP contribution in [-0.4, -0.2) is 10.2 Å². The van der Waals surface area contributed by atoms with Gasteiger partial charge in [0.25, 0.3) is 0 Å². The first kappa shape index (κ1) is 9.90. The van der Waals surface area contributed by atoms with Gasteiger partial charge in [0.05, 0.1) is 0 Å². The van der Waals surface area contributed by atoms with Gasteiger partial charge < -0.3 is 4.42 Å². The maximum atomic E-state index is 5.16. The van der Waals surface area contributed by atoms with E-state index in [2.05, 4.69) is 43.1 Å². The van der Waals surface area contributed by atoms with E-state index in [0.717, 1.165) is 5.56 Å². The molecule has 0 saturated heterocycles. The van der Waals surface area contributed by atoms with Crippen LogP contribution in [0.1, 0.15) is 26.3 Å². The van der Waals surface area contributed by atoms with Gasteiger partial charge in [-0.2, -0.15) is 0 Å². The highest BCUT2D eigenvalue weighted by Gasteiger charge is 2.14. The molecule has 0 aliphatic carbocycles. The smallest absolute Gasteiger partial charge is 0.247 e. The van der Waals surface area contributed by atoms with Crippen molar-refractivity contribution in [1.82, 2.24) is 10.2 Å². The molecule has 0 aliphatic rings. The quantitative estimate of drug-likeness (QED) is 0.713. The standard InChI is InChI=1S/C12H14N2O/c1-12(2,3)10-6-4-5-9(7-10)11-14-13-8-15-11/h4-8H,1-3H3. The third-order valence-electron chi connectivity index (χ3n) is 2.34. The minimum absolute atomic E-state index is 0.135. The summed E-state index contributed by atoms with van der Waals surface area (Å²) in [4.78, 5) is 0. The van der Waals surface area contributed by atoms with E-state index >= 15 is 0 Å². The van der Waals surface area contributed by atoms with E-state index in [1.54, 1.807) is 0 Å². The fraction of sp³-hybridized carbons (Fsp3) is 0.333. The van der Waals surface area contributed by atoms with Crippen LogP contribution in [0.4, 0.5) is 0 Å². The molecule has 0 saturated carbocycles. The zero-order chi connectivity index (χ0) is 10.9. The Morgan fingerprint density at radius 2 is 2.00 bits per heavy atom. The van der Waals surface area contributed by atoms with E-state index in [9.17, 15) is 0 Å². The first-order valence-corrected chi connectivity index (χ1v) is 4.94. The van der Waals surface area contributed by atoms with E-state index < -0.39 is 0 Å². The molecule has 1 aromatic carbocycles. The van der Waals surface area contributed by atoms with Crippen molar-refractivity contribution in [3.63, 3.8) is 0 Å². The van der Waals surface area contributed by atoms with Crippen molar-refractivity contribution in [3.05, 3.63) is 36.2 Å². The van der Waals surface area contributed by atoms with Crippen LogP contribution in [0.2, 0.25) is 0 Å². The molecule has 0 radical (unpaired) electrons. The predicted molar refractivity (Wildman–Crippen MR) is 58.4 cm³/mol. The third kappa shape index (κ3) is 2.06. The molecule has 1 heterocycles. The number of aromatic nitrogens is 2. The van der Waals surface area contributed by atoms with Crippen LogP contribution in [0.5, 0.6) is 0 Å². The molecular formula is C12H14N2O. The summed E-state index contributed by atoms with van der Waals surface area (Å²) in [5, 5.41) is 7.57. The molecule has 2 rings (SSSR count). The van der Waals surface area contributed by atoms with Gasteiger partial charge in [-0.25, -0.2) is 0 Å². The van der Waals surface area contributed by atoms with Crippen molar-refractivity contribution in [2.45, 2.75) is 26.2 Å². The lowest BCUT2D eigenvalue weighted by atomic mass is 9.86. The Hall–Kier alpha value is -1.64. The molecular weight excluding hydrogens is 188 g/mol. The molecule has 0 atom stereocenters. The topological polar surface area (TPSA) is 38.9 Å². The van der Waals surface area contributed by atoms with Gasteiger partial charge in [0.2, 0.25) is 12.3 Å². The third-order valence-corrected chi connectivity index (χ3v) is 2.34. The maximum Gasteiger partial charge on any atom is 0.247 e. The zero-order valence-electron chi connectivity index (χ0n) is 9.19. The highest BCUT2D eigenvalue weighted by Crippen LogP contribution is 2.26. The Balaban J connectivity index is 2.44. The molecule has 0 fully saturated rings. The second-order valence-electron chi connectivity index (χ2n) is 4.57. The second-order valence-corrected chi connectivity index (χ2v) is 4.57. The highest BCUT2D eigenvalue weighted by atomic mass is 16.4. The number of hydrogen-bond donors (Lipinski definition) is 0. The molecule has 15 heavy (non-hydrogen) atoms. The normalized spacial score (nSPS) is 11.7. The first-order valence-electron chi connectivity index (χ1n) is 4.94. The summed E-state index contributed by atoms with van der Waals surface area (Å²) in [6.45, 7) is 6.54. The van der Waals surface area contributed by atoms with Gasteiger partial charge in [0, 0.05) is 5.56 Å². The number of rotatable bonds is 1. The summed E-state index contributed by atoms with van der Waals surface area (Å²) >= 11 is 0. The number of nitrogens with zero attached hydrogens (tertiary/aromatic N) is 2. The summed E-state index contributed by atoms with van der Waals surface area (Å²) in [5.41, 5.74) is 2.37. The molecule has 2 aromatic rings. The Bertz CT molecular complexity index is 441. The van der Waals surface area contributed by atoms with Gasteiger partial charge in [0.1, 0.15) is 0 Å². The van der Waals surface area contributed by atoms with E-state index in [0.29, 0.717) is 5.89 Å². The lowest BCUT2D eigenvalue weighted by Gasteiger charge is -2.19. The molecule has 0 amide bonds. The molecule has 0 aliphatic heterocycles. The van der Waals surface area contributed by atoms with E-state index in [1.165, 1.54) is 12.0 Å². The minimum Gasteiger partial charge on any atom is -0.423 e. The van der Waals surface area contributed by atoms with Crippen molar-refractivity contribution < 1.29 is 4.42 Å². The van der Waals surface area contributed by atoms with Crippen molar-refractivity contribution in [1.29, 1.82) is 0 Å². The number of hydrogen-bond acceptors (Lipinski definition) is 3. The van der Waals surface area contributed by atoms with Crippen LogP contribution in [0.3, 0.4) is 0 Å². The average molecular weight is 202 g/mol. The molecule has 1 aromatic heterocycles. The second kappa shape index (κ2) is 3.50. The van der Waals surface area contributed by atoms with E-state index in [4.69, 9.17) is 4.42 Å². The van der Waals surface area contributed by atoms with Crippen LogP contribution in [-0.2, 0) is 5.41 Å². The number of benzene rings is 1. The molecule has 3 heteroatoms. The molecule has 0 bridgehead atoms. The molecule has 0 N–H and O–H groups in total. The molecule has 78 valence electrons. The van der Waals surface area contributed by atoms with Crippen molar-refractivity contribution in [3.8, 4) is 11.5 Å². The largest absolute Gasteiger partial charge is 0.423 e. The Morgan fingerprint density at radius 3 is 2.60 bits per heavy atom. The predicted octanol–water partition coefficient (Wildman–Crippen LogP) is 3.03. The van der Waals surface area contributed by atoms with Gasteiger partial charge >= 0.3 is 0 Å². The van der Waals surface area contributed by atoms with Gasteiger partial charge in [-0.05, 0) is 23.1 Å². The molecule has 3 nitrogen and oxygen atoms in total. The minimum atomic E-state index is 0.135. The summed E-state index contributed by atoms with van der Waals surface area (Å²) in [6, 6.07) is 8.19. The summed E-state index contributed by atoms with van der Waals surface area (Å²) in [6.07, 6.45) is 1.35. The summed E-state index contributed by atoms with van der Waals surface area (Å²) < 4.78 is 5.16. The van der Waals surface area contributed by atoms with Gasteiger partial charge in [-0.1, -0.05) is 32.9 Å². The fourth-order valence-corrected chi connectivity index (χ4v) is 1.42. The Kier molecular flexibility index (Phi) is 2.31. The van der Waals surface area contributed by atoms with Crippen LogP contribution in [0, 0.1) is 0 Å². The van der Waals surface area contributed by atoms with Crippen molar-refractivity contribution in [2.75, 3.05) is 0 Å². The van der Waals surface area contributed by atoms with Gasteiger partial charge in [0.15, 0.2) is 0 Å². The van der Waals surface area contributed by atoms with E-state index in [-0.39, 0.29) is 5.41 Å². The van der Waals surface area contributed by atoms with Crippen LogP contribution in [0.15, 0.2) is 35.1 Å². The monoisotopic (exact) mass is 202 g/mol. The first-order chi connectivity index (χ1) is 7.07. The lowest BCUT2D eigenvalue weighted by molar-refractivity contribution is 0.566. The van der Waals surface area contributed by atoms with Gasteiger partial charge in [-0.3, -0.25) is 0 Å². The van der Waals surface area contributed by atoms with Gasteiger partial charge in [-0.15, -0.1) is 10.2 Å². The van der Waals surface area contributed by atoms with E-state index in [1.807, 2.05) is 12.1 Å². The molecule has 0 spiro atoms. The average Bonchev–Trinajstić information content (AvgIpc) is 2.69. The Morgan fingerprint density at radius 1 is 1.20 bits per heavy atom.